The number of halogens is 2. The van der Waals surface area contributed by atoms with E-state index in [0.717, 1.165) is 11.1 Å². The lowest BCUT2D eigenvalue weighted by atomic mass is 10.1. The lowest BCUT2D eigenvalue weighted by molar-refractivity contribution is 0.262. The zero-order chi connectivity index (χ0) is 14.7. The molecular weight excluding hydrogens is 279 g/mol. The molecule has 0 atom stereocenters. The predicted octanol–water partition coefficient (Wildman–Crippen LogP) is 4.74. The standard InChI is InChI=1S/C15H14ClFN2O/c1-9-6-7-13(10(2)8-9)18-15(20)19-14-11(16)4-3-5-12(14)17/h3-8H,1-2H3,(H2,18,19,20). The molecule has 0 aliphatic carbocycles. The maximum Gasteiger partial charge on any atom is 0.323 e. The molecule has 20 heavy (non-hydrogen) atoms. The number of nitrogens with one attached hydrogen (secondary N) is 2. The molecule has 0 saturated carbocycles. The summed E-state index contributed by atoms with van der Waals surface area (Å²) in [5.74, 6) is -0.576. The SMILES string of the molecule is Cc1ccc(NC(=O)Nc2c(F)cccc2Cl)c(C)c1. The van der Waals surface area contributed by atoms with Crippen molar-refractivity contribution >= 4 is 29.0 Å². The van der Waals surface area contributed by atoms with E-state index in [1.807, 2.05) is 26.0 Å². The van der Waals surface area contributed by atoms with Crippen molar-refractivity contribution in [3.8, 4) is 0 Å². The zero-order valence-corrected chi connectivity index (χ0v) is 11.9. The Hall–Kier alpha value is -2.07. The Labute approximate surface area is 121 Å². The second kappa shape index (κ2) is 5.92. The van der Waals surface area contributed by atoms with Crippen molar-refractivity contribution in [2.45, 2.75) is 13.8 Å². The average molecular weight is 293 g/mol. The number of urea groups is 1. The first-order valence-electron chi connectivity index (χ1n) is 6.06. The molecule has 0 bridgehead atoms. The van der Waals surface area contributed by atoms with Crippen LogP contribution in [0.3, 0.4) is 0 Å². The molecule has 2 N–H and O–H groups in total. The number of aryl methyl sites for hydroxylation is 2. The third kappa shape index (κ3) is 3.27. The molecule has 104 valence electrons. The van der Waals surface area contributed by atoms with Gasteiger partial charge in [-0.2, -0.15) is 0 Å². The van der Waals surface area contributed by atoms with Gasteiger partial charge in [0.2, 0.25) is 0 Å². The number of anilines is 2. The van der Waals surface area contributed by atoms with E-state index < -0.39 is 11.8 Å². The van der Waals surface area contributed by atoms with Crippen LogP contribution in [0.2, 0.25) is 5.02 Å². The molecule has 2 rings (SSSR count). The van der Waals surface area contributed by atoms with Crippen molar-refractivity contribution in [1.82, 2.24) is 0 Å². The lowest BCUT2D eigenvalue weighted by Gasteiger charge is -2.11. The first kappa shape index (κ1) is 14.3. The Bertz CT molecular complexity index is 638. The number of benzene rings is 2. The maximum absolute atomic E-state index is 13.6. The molecule has 0 aromatic heterocycles. The minimum absolute atomic E-state index is 0.0311. The molecule has 0 unspecified atom stereocenters. The summed E-state index contributed by atoms with van der Waals surface area (Å²) in [6.45, 7) is 3.86. The Morgan fingerprint density at radius 3 is 2.55 bits per heavy atom. The number of rotatable bonds is 2. The van der Waals surface area contributed by atoms with Gasteiger partial charge in [-0.25, -0.2) is 9.18 Å². The number of hydrogen-bond donors (Lipinski definition) is 2. The molecule has 2 amide bonds. The first-order valence-corrected chi connectivity index (χ1v) is 6.44. The minimum atomic E-state index is -0.576. The topological polar surface area (TPSA) is 41.1 Å². The van der Waals surface area contributed by atoms with Gasteiger partial charge in [0.05, 0.1) is 10.7 Å². The highest BCUT2D eigenvalue weighted by molar-refractivity contribution is 6.33. The van der Waals surface area contributed by atoms with Gasteiger partial charge in [0, 0.05) is 5.69 Å². The highest BCUT2D eigenvalue weighted by atomic mass is 35.5. The van der Waals surface area contributed by atoms with Gasteiger partial charge in [0.25, 0.3) is 0 Å². The summed E-state index contributed by atoms with van der Waals surface area (Å²) >= 11 is 5.85. The van der Waals surface area contributed by atoms with Crippen LogP contribution in [0.5, 0.6) is 0 Å². The van der Waals surface area contributed by atoms with Crippen LogP contribution in [0, 0.1) is 19.7 Å². The quantitative estimate of drug-likeness (QED) is 0.824. The van der Waals surface area contributed by atoms with E-state index in [2.05, 4.69) is 10.6 Å². The monoisotopic (exact) mass is 292 g/mol. The van der Waals surface area contributed by atoms with E-state index in [9.17, 15) is 9.18 Å². The van der Waals surface area contributed by atoms with Crippen LogP contribution in [0.25, 0.3) is 0 Å². The van der Waals surface area contributed by atoms with E-state index >= 15 is 0 Å². The fraction of sp³-hybridized carbons (Fsp3) is 0.133. The van der Waals surface area contributed by atoms with Crippen LogP contribution in [0.4, 0.5) is 20.6 Å². The number of para-hydroxylation sites is 1. The molecule has 0 heterocycles. The Morgan fingerprint density at radius 1 is 1.15 bits per heavy atom. The first-order chi connectivity index (χ1) is 9.47. The van der Waals surface area contributed by atoms with E-state index in [4.69, 9.17) is 11.6 Å². The molecule has 0 radical (unpaired) electrons. The molecular formula is C15H14ClFN2O. The smallest absolute Gasteiger partial charge is 0.307 e. The molecule has 0 aliphatic heterocycles. The predicted molar refractivity (Wildman–Crippen MR) is 80.0 cm³/mol. The van der Waals surface area contributed by atoms with Crippen LogP contribution in [-0.2, 0) is 0 Å². The summed E-state index contributed by atoms with van der Waals surface area (Å²) < 4.78 is 13.6. The molecule has 0 spiro atoms. The van der Waals surface area contributed by atoms with E-state index in [0.29, 0.717) is 5.69 Å². The van der Waals surface area contributed by atoms with Gasteiger partial charge in [0.1, 0.15) is 5.82 Å². The summed E-state index contributed by atoms with van der Waals surface area (Å²) in [7, 11) is 0. The number of carbonyl (C=O) groups excluding carboxylic acids is 1. The normalized spacial score (nSPS) is 10.2. The summed E-state index contributed by atoms with van der Waals surface area (Å²) in [6.07, 6.45) is 0. The van der Waals surface area contributed by atoms with Gasteiger partial charge in [0.15, 0.2) is 0 Å². The molecule has 0 aliphatic rings. The van der Waals surface area contributed by atoms with E-state index in [1.54, 1.807) is 6.07 Å². The average Bonchev–Trinajstić information content (AvgIpc) is 2.37. The Morgan fingerprint density at radius 2 is 1.90 bits per heavy atom. The molecule has 5 heteroatoms. The van der Waals surface area contributed by atoms with Crippen molar-refractivity contribution in [2.75, 3.05) is 10.6 Å². The van der Waals surface area contributed by atoms with Crippen LogP contribution in [0.15, 0.2) is 36.4 Å². The van der Waals surface area contributed by atoms with Crippen molar-refractivity contribution in [1.29, 1.82) is 0 Å². The van der Waals surface area contributed by atoms with Gasteiger partial charge in [-0.1, -0.05) is 35.4 Å². The third-order valence-corrected chi connectivity index (χ3v) is 3.15. The Balaban J connectivity index is 2.13. The number of hydrogen-bond acceptors (Lipinski definition) is 1. The van der Waals surface area contributed by atoms with Gasteiger partial charge < -0.3 is 10.6 Å². The minimum Gasteiger partial charge on any atom is -0.307 e. The number of carbonyl (C=O) groups is 1. The summed E-state index contributed by atoms with van der Waals surface area (Å²) in [6, 6.07) is 9.32. The molecule has 0 fully saturated rings. The van der Waals surface area contributed by atoms with Crippen LogP contribution in [-0.4, -0.2) is 6.03 Å². The summed E-state index contributed by atoms with van der Waals surface area (Å²) in [5, 5.41) is 5.23. The number of amides is 2. The highest BCUT2D eigenvalue weighted by Crippen LogP contribution is 2.25. The van der Waals surface area contributed by atoms with E-state index in [1.165, 1.54) is 18.2 Å². The summed E-state index contributed by atoms with van der Waals surface area (Å²) in [5.41, 5.74) is 2.67. The van der Waals surface area contributed by atoms with Crippen molar-refractivity contribution in [3.63, 3.8) is 0 Å². The van der Waals surface area contributed by atoms with Crippen molar-refractivity contribution in [2.24, 2.45) is 0 Å². The fourth-order valence-electron chi connectivity index (χ4n) is 1.84. The second-order valence-corrected chi connectivity index (χ2v) is 4.90. The van der Waals surface area contributed by atoms with Gasteiger partial charge in [-0.05, 0) is 37.6 Å². The zero-order valence-electron chi connectivity index (χ0n) is 11.1. The van der Waals surface area contributed by atoms with E-state index in [-0.39, 0.29) is 10.7 Å². The molecule has 2 aromatic carbocycles. The van der Waals surface area contributed by atoms with Crippen LogP contribution in [0.1, 0.15) is 11.1 Å². The van der Waals surface area contributed by atoms with Gasteiger partial charge in [-0.3, -0.25) is 0 Å². The van der Waals surface area contributed by atoms with Crippen LogP contribution >= 0.6 is 11.6 Å². The second-order valence-electron chi connectivity index (χ2n) is 4.49. The molecule has 3 nitrogen and oxygen atoms in total. The molecule has 2 aromatic rings. The van der Waals surface area contributed by atoms with Gasteiger partial charge in [-0.15, -0.1) is 0 Å². The lowest BCUT2D eigenvalue weighted by Crippen LogP contribution is -2.20. The fourth-order valence-corrected chi connectivity index (χ4v) is 2.05. The largest absolute Gasteiger partial charge is 0.323 e. The third-order valence-electron chi connectivity index (χ3n) is 2.83. The van der Waals surface area contributed by atoms with Crippen LogP contribution < -0.4 is 10.6 Å². The Kier molecular flexibility index (Phi) is 4.25. The van der Waals surface area contributed by atoms with Gasteiger partial charge >= 0.3 is 6.03 Å². The maximum atomic E-state index is 13.6. The summed E-state index contributed by atoms with van der Waals surface area (Å²) in [4.78, 5) is 11.9. The van der Waals surface area contributed by atoms with Crippen molar-refractivity contribution in [3.05, 3.63) is 58.4 Å². The highest BCUT2D eigenvalue weighted by Gasteiger charge is 2.11. The molecule has 0 saturated heterocycles. The van der Waals surface area contributed by atoms with Crippen molar-refractivity contribution < 1.29 is 9.18 Å².